The summed E-state index contributed by atoms with van der Waals surface area (Å²) in [6, 6.07) is 24.3. The fourth-order valence-electron chi connectivity index (χ4n) is 3.15. The van der Waals surface area contributed by atoms with Crippen molar-refractivity contribution in [1.29, 1.82) is 0 Å². The molecule has 7 heteroatoms. The van der Waals surface area contributed by atoms with Gasteiger partial charge in [-0.3, -0.25) is 0 Å². The van der Waals surface area contributed by atoms with Crippen LogP contribution >= 0.6 is 0 Å². The summed E-state index contributed by atoms with van der Waals surface area (Å²) in [5.41, 5.74) is 3.87. The molecule has 0 aliphatic rings. The van der Waals surface area contributed by atoms with Crippen molar-refractivity contribution in [2.45, 2.75) is 27.7 Å². The molecule has 31 heavy (non-hydrogen) atoms. The van der Waals surface area contributed by atoms with Crippen molar-refractivity contribution < 1.29 is 0 Å². The van der Waals surface area contributed by atoms with E-state index in [0.717, 1.165) is 46.0 Å². The van der Waals surface area contributed by atoms with E-state index < -0.39 is 15.9 Å². The summed E-state index contributed by atoms with van der Waals surface area (Å²) >= 11 is -1.04. The molecule has 0 fully saturated rings. The Kier molecular flexibility index (Phi) is 6.27. The topological polar surface area (TPSA) is 58.0 Å². The number of aromatic nitrogens is 4. The Hall–Kier alpha value is -3.26. The van der Waals surface area contributed by atoms with Crippen LogP contribution in [0.25, 0.3) is 0 Å². The van der Waals surface area contributed by atoms with E-state index >= 15 is 0 Å². The van der Waals surface area contributed by atoms with Gasteiger partial charge in [-0.2, -0.15) is 0 Å². The summed E-state index contributed by atoms with van der Waals surface area (Å²) in [7, 11) is 0. The molecule has 0 aromatic carbocycles. The summed E-state index contributed by atoms with van der Waals surface area (Å²) in [4.78, 5) is 19.2. The monoisotopic (exact) mass is 470 g/mol. The van der Waals surface area contributed by atoms with Gasteiger partial charge in [0.05, 0.1) is 0 Å². The summed E-state index contributed by atoms with van der Waals surface area (Å²) in [5, 5.41) is 0. The SMILES string of the molecule is Cc1cccc([N]([Ge][N](c2cccc(C)n2)c2cccc(C)n2)c2cccc(C)n2)n1. The number of rotatable bonds is 6. The molecule has 0 unspecified atom stereocenters. The normalized spacial score (nSPS) is 10.7. The van der Waals surface area contributed by atoms with Crippen LogP contribution < -0.4 is 7.71 Å². The first-order chi connectivity index (χ1) is 15.0. The zero-order valence-corrected chi connectivity index (χ0v) is 20.2. The first kappa shape index (κ1) is 21.0. The predicted molar refractivity (Wildman–Crippen MR) is 126 cm³/mol. The molecular weight excluding hydrogens is 445 g/mol. The first-order valence-corrected chi connectivity index (χ1v) is 12.0. The van der Waals surface area contributed by atoms with Gasteiger partial charge >= 0.3 is 190 Å². The zero-order valence-electron chi connectivity index (χ0n) is 18.1. The van der Waals surface area contributed by atoms with E-state index in [0.29, 0.717) is 0 Å². The minimum absolute atomic E-state index is 0.878. The molecule has 0 aliphatic carbocycles. The molecule has 4 aromatic rings. The van der Waals surface area contributed by atoms with Crippen LogP contribution in [-0.2, 0) is 0 Å². The number of nitrogens with zero attached hydrogens (tertiary/aromatic N) is 6. The van der Waals surface area contributed by atoms with E-state index in [2.05, 4.69) is 7.71 Å². The van der Waals surface area contributed by atoms with Gasteiger partial charge < -0.3 is 0 Å². The Morgan fingerprint density at radius 3 is 0.935 bits per heavy atom. The van der Waals surface area contributed by atoms with Crippen molar-refractivity contribution in [2.75, 3.05) is 7.71 Å². The van der Waals surface area contributed by atoms with E-state index in [1.54, 1.807) is 0 Å². The molecule has 4 aromatic heterocycles. The summed E-state index contributed by atoms with van der Waals surface area (Å²) in [6.07, 6.45) is 0. The van der Waals surface area contributed by atoms with Gasteiger partial charge in [0.15, 0.2) is 0 Å². The van der Waals surface area contributed by atoms with Gasteiger partial charge in [-0.1, -0.05) is 0 Å². The number of pyridine rings is 4. The van der Waals surface area contributed by atoms with Crippen molar-refractivity contribution >= 4 is 39.1 Å². The maximum atomic E-state index is 4.80. The quantitative estimate of drug-likeness (QED) is 0.370. The molecule has 0 aliphatic heterocycles. The summed E-state index contributed by atoms with van der Waals surface area (Å²) < 4.78 is 4.43. The van der Waals surface area contributed by atoms with Gasteiger partial charge in [0.2, 0.25) is 0 Å². The molecule has 4 rings (SSSR count). The second-order valence-electron chi connectivity index (χ2n) is 7.32. The van der Waals surface area contributed by atoms with Crippen molar-refractivity contribution in [3.8, 4) is 0 Å². The molecule has 0 saturated heterocycles. The second kappa shape index (κ2) is 9.26. The molecule has 0 atom stereocenters. The Balaban J connectivity index is 1.84. The first-order valence-electron chi connectivity index (χ1n) is 10.1. The van der Waals surface area contributed by atoms with Crippen molar-refractivity contribution in [2.24, 2.45) is 0 Å². The van der Waals surface area contributed by atoms with Crippen molar-refractivity contribution in [3.05, 3.63) is 95.6 Å². The summed E-state index contributed by atoms with van der Waals surface area (Å²) in [5.74, 6) is 3.51. The van der Waals surface area contributed by atoms with E-state index in [9.17, 15) is 0 Å². The van der Waals surface area contributed by atoms with E-state index in [-0.39, 0.29) is 0 Å². The van der Waals surface area contributed by atoms with Gasteiger partial charge in [-0.15, -0.1) is 0 Å². The Bertz CT molecular complexity index is 1010. The predicted octanol–water partition coefficient (Wildman–Crippen LogP) is 5.01. The Morgan fingerprint density at radius 2 is 0.710 bits per heavy atom. The third-order valence-electron chi connectivity index (χ3n) is 4.61. The fraction of sp³-hybridized carbons (Fsp3) is 0.167. The van der Waals surface area contributed by atoms with Crippen molar-refractivity contribution in [1.82, 2.24) is 19.9 Å². The Morgan fingerprint density at radius 1 is 0.452 bits per heavy atom. The standard InChI is InChI=1S/C24H24GeN6/c1-17-9-5-13-21(26-17)30(22-14-6-10-18(2)27-22)25-31(23-15-7-11-19(3)28-23)24-16-8-12-20(4)29-24/h5-16H,1-4H3. The van der Waals surface area contributed by atoms with Crippen LogP contribution in [0.5, 0.6) is 0 Å². The molecular formula is C24H24GeN6. The van der Waals surface area contributed by atoms with Gasteiger partial charge in [-0.25, -0.2) is 0 Å². The molecule has 4 heterocycles. The number of hydrogen-bond acceptors (Lipinski definition) is 6. The van der Waals surface area contributed by atoms with Gasteiger partial charge in [-0.05, 0) is 0 Å². The average molecular weight is 469 g/mol. The second-order valence-corrected chi connectivity index (χ2v) is 9.62. The van der Waals surface area contributed by atoms with Gasteiger partial charge in [0.25, 0.3) is 0 Å². The molecule has 0 spiro atoms. The maximum absolute atomic E-state index is 4.80. The molecule has 0 bridgehead atoms. The van der Waals surface area contributed by atoms with Crippen molar-refractivity contribution in [3.63, 3.8) is 0 Å². The van der Waals surface area contributed by atoms with Crippen LogP contribution in [0, 0.1) is 27.7 Å². The molecule has 0 amide bonds. The van der Waals surface area contributed by atoms with Crippen LogP contribution in [0.3, 0.4) is 0 Å². The minimum atomic E-state index is -1.04. The number of aryl methyl sites for hydroxylation is 4. The third-order valence-corrected chi connectivity index (χ3v) is 7.37. The van der Waals surface area contributed by atoms with E-state index in [1.807, 2.05) is 100 Å². The number of anilines is 4. The molecule has 6 nitrogen and oxygen atoms in total. The van der Waals surface area contributed by atoms with Crippen LogP contribution in [-0.4, -0.2) is 35.8 Å². The fourth-order valence-corrected chi connectivity index (χ4v) is 5.48. The summed E-state index contributed by atoms with van der Waals surface area (Å²) in [6.45, 7) is 8.03. The van der Waals surface area contributed by atoms with E-state index in [1.165, 1.54) is 0 Å². The van der Waals surface area contributed by atoms with Crippen LogP contribution in [0.2, 0.25) is 0 Å². The Labute approximate surface area is 190 Å². The third kappa shape index (κ3) is 5.08. The van der Waals surface area contributed by atoms with Crippen LogP contribution in [0.4, 0.5) is 23.3 Å². The average Bonchev–Trinajstić information content (AvgIpc) is 2.74. The van der Waals surface area contributed by atoms with Gasteiger partial charge in [0.1, 0.15) is 0 Å². The molecule has 0 N–H and O–H groups in total. The molecule has 154 valence electrons. The van der Waals surface area contributed by atoms with Gasteiger partial charge in [0, 0.05) is 0 Å². The van der Waals surface area contributed by atoms with Crippen LogP contribution in [0.15, 0.2) is 72.8 Å². The zero-order chi connectivity index (χ0) is 21.8. The van der Waals surface area contributed by atoms with E-state index in [4.69, 9.17) is 19.9 Å². The number of hydrogen-bond donors (Lipinski definition) is 0. The molecule has 0 saturated carbocycles. The molecule has 2 radical (unpaired) electrons. The van der Waals surface area contributed by atoms with Crippen LogP contribution in [0.1, 0.15) is 22.8 Å².